The van der Waals surface area contributed by atoms with Crippen molar-refractivity contribution in [3.63, 3.8) is 0 Å². The van der Waals surface area contributed by atoms with Gasteiger partial charge >= 0.3 is 0 Å². The first kappa shape index (κ1) is 17.2. The van der Waals surface area contributed by atoms with Gasteiger partial charge in [-0.15, -0.1) is 0 Å². The summed E-state index contributed by atoms with van der Waals surface area (Å²) in [5, 5.41) is 3.26. The Kier molecular flexibility index (Phi) is 4.11. The quantitative estimate of drug-likeness (QED) is 0.574. The van der Waals surface area contributed by atoms with E-state index in [1.165, 1.54) is 33.1 Å². The molecular formula is C17H16N6O3S. The van der Waals surface area contributed by atoms with Crippen molar-refractivity contribution in [2.24, 2.45) is 7.05 Å². The normalized spacial score (nSPS) is 11.2. The van der Waals surface area contributed by atoms with E-state index in [1.54, 1.807) is 14.2 Å². The third-order valence-electron chi connectivity index (χ3n) is 4.16. The van der Waals surface area contributed by atoms with Gasteiger partial charge in [0.05, 0.1) is 30.0 Å². The van der Waals surface area contributed by atoms with Crippen molar-refractivity contribution in [1.82, 2.24) is 24.1 Å². The van der Waals surface area contributed by atoms with Crippen molar-refractivity contribution in [2.45, 2.75) is 13.5 Å². The van der Waals surface area contributed by atoms with Crippen LogP contribution in [-0.2, 0) is 18.4 Å². The predicted molar refractivity (Wildman–Crippen MR) is 102 cm³/mol. The molecule has 4 rings (SSSR count). The zero-order valence-corrected chi connectivity index (χ0v) is 15.7. The summed E-state index contributed by atoms with van der Waals surface area (Å²) in [7, 11) is 3.21. The van der Waals surface area contributed by atoms with Gasteiger partial charge in [0.15, 0.2) is 16.3 Å². The standard InChI is InChI=1S/C17H16N6O3S/c1-9-4-12-10(5-11(9)26-3)20-17(27-12)21-13(24)6-23-8-19-15-14(23)16(25)22(2)7-18-15/h4-5,7-8H,6H2,1-3H3,(H,20,21,24). The Labute approximate surface area is 157 Å². The van der Waals surface area contributed by atoms with Crippen LogP contribution < -0.4 is 15.6 Å². The van der Waals surface area contributed by atoms with Crippen molar-refractivity contribution >= 4 is 43.8 Å². The molecule has 0 aliphatic heterocycles. The molecule has 10 heteroatoms. The number of thiazole rings is 1. The van der Waals surface area contributed by atoms with E-state index in [1.807, 2.05) is 19.1 Å². The third-order valence-corrected chi connectivity index (χ3v) is 5.09. The third kappa shape index (κ3) is 3.04. The second kappa shape index (κ2) is 6.47. The van der Waals surface area contributed by atoms with E-state index in [0.29, 0.717) is 16.3 Å². The topological polar surface area (TPSA) is 104 Å². The smallest absolute Gasteiger partial charge is 0.279 e. The summed E-state index contributed by atoms with van der Waals surface area (Å²) < 4.78 is 9.09. The number of anilines is 1. The number of carbonyl (C=O) groups is 1. The minimum absolute atomic E-state index is 0.0598. The number of nitrogens with zero attached hydrogens (tertiary/aromatic N) is 5. The highest BCUT2D eigenvalue weighted by Crippen LogP contribution is 2.31. The van der Waals surface area contributed by atoms with Gasteiger partial charge < -0.3 is 19.2 Å². The maximum Gasteiger partial charge on any atom is 0.279 e. The molecule has 0 saturated heterocycles. The number of carbonyl (C=O) groups excluding carboxylic acids is 1. The number of hydrogen-bond acceptors (Lipinski definition) is 7. The second-order valence-electron chi connectivity index (χ2n) is 6.06. The van der Waals surface area contributed by atoms with Gasteiger partial charge in [-0.05, 0) is 18.6 Å². The molecule has 0 fully saturated rings. The Morgan fingerprint density at radius 2 is 2.07 bits per heavy atom. The monoisotopic (exact) mass is 384 g/mol. The highest BCUT2D eigenvalue weighted by Gasteiger charge is 2.14. The molecule has 1 aromatic carbocycles. The molecule has 27 heavy (non-hydrogen) atoms. The van der Waals surface area contributed by atoms with E-state index in [9.17, 15) is 9.59 Å². The maximum atomic E-state index is 12.4. The number of rotatable bonds is 4. The molecule has 0 aliphatic carbocycles. The highest BCUT2D eigenvalue weighted by atomic mass is 32.1. The first-order chi connectivity index (χ1) is 13.0. The molecule has 0 aliphatic rings. The predicted octanol–water partition coefficient (Wildman–Crippen LogP) is 1.70. The van der Waals surface area contributed by atoms with E-state index in [4.69, 9.17) is 4.74 Å². The minimum Gasteiger partial charge on any atom is -0.496 e. The van der Waals surface area contributed by atoms with Crippen LogP contribution in [0.3, 0.4) is 0 Å². The molecule has 0 saturated carbocycles. The summed E-state index contributed by atoms with van der Waals surface area (Å²) in [6.07, 6.45) is 2.84. The van der Waals surface area contributed by atoms with Crippen LogP contribution >= 0.6 is 11.3 Å². The summed E-state index contributed by atoms with van der Waals surface area (Å²) in [6, 6.07) is 3.82. The van der Waals surface area contributed by atoms with Crippen LogP contribution in [0.1, 0.15) is 5.56 Å². The summed E-state index contributed by atoms with van der Waals surface area (Å²) >= 11 is 1.38. The second-order valence-corrected chi connectivity index (χ2v) is 7.09. The Bertz CT molecular complexity index is 1240. The molecule has 0 atom stereocenters. The zero-order chi connectivity index (χ0) is 19.1. The summed E-state index contributed by atoms with van der Waals surface area (Å²) in [4.78, 5) is 37.3. The van der Waals surface area contributed by atoms with Crippen molar-refractivity contribution in [3.8, 4) is 5.75 Å². The number of fused-ring (bicyclic) bond motifs is 2. The van der Waals surface area contributed by atoms with Crippen LogP contribution in [-0.4, -0.2) is 37.1 Å². The number of aromatic nitrogens is 5. The number of nitrogens with one attached hydrogen (secondary N) is 1. The summed E-state index contributed by atoms with van der Waals surface area (Å²) in [5.74, 6) is 0.446. The van der Waals surface area contributed by atoms with Crippen LogP contribution in [0.4, 0.5) is 5.13 Å². The van der Waals surface area contributed by atoms with Crippen LogP contribution in [0.2, 0.25) is 0 Å². The molecule has 9 nitrogen and oxygen atoms in total. The van der Waals surface area contributed by atoms with E-state index in [-0.39, 0.29) is 18.0 Å². The lowest BCUT2D eigenvalue weighted by molar-refractivity contribution is -0.116. The molecule has 0 bridgehead atoms. The molecule has 1 N–H and O–H groups in total. The zero-order valence-electron chi connectivity index (χ0n) is 14.9. The average molecular weight is 384 g/mol. The molecule has 0 unspecified atom stereocenters. The van der Waals surface area contributed by atoms with Crippen molar-refractivity contribution in [3.05, 3.63) is 40.7 Å². The lowest BCUT2D eigenvalue weighted by Gasteiger charge is -2.04. The Balaban J connectivity index is 1.59. The number of hydrogen-bond donors (Lipinski definition) is 1. The Hall–Kier alpha value is -3.27. The van der Waals surface area contributed by atoms with Crippen LogP contribution in [0.15, 0.2) is 29.6 Å². The first-order valence-corrected chi connectivity index (χ1v) is 8.89. The maximum absolute atomic E-state index is 12.4. The van der Waals surface area contributed by atoms with Crippen LogP contribution in [0, 0.1) is 6.92 Å². The Morgan fingerprint density at radius 3 is 2.85 bits per heavy atom. The SMILES string of the molecule is COc1cc2nc(NC(=O)Cn3cnc4ncn(C)c(=O)c43)sc2cc1C. The molecule has 3 aromatic heterocycles. The molecular weight excluding hydrogens is 368 g/mol. The number of aryl methyl sites for hydroxylation is 2. The van der Waals surface area contributed by atoms with Crippen molar-refractivity contribution in [1.29, 1.82) is 0 Å². The van der Waals surface area contributed by atoms with Gasteiger partial charge in [-0.1, -0.05) is 11.3 Å². The highest BCUT2D eigenvalue weighted by molar-refractivity contribution is 7.22. The van der Waals surface area contributed by atoms with Crippen LogP contribution in [0.5, 0.6) is 5.75 Å². The fourth-order valence-electron chi connectivity index (χ4n) is 2.81. The molecule has 1 amide bonds. The molecule has 0 spiro atoms. The molecule has 3 heterocycles. The number of imidazole rings is 1. The van der Waals surface area contributed by atoms with Crippen LogP contribution in [0.25, 0.3) is 21.4 Å². The number of ether oxygens (including phenoxy) is 1. The fraction of sp³-hybridized carbons (Fsp3) is 0.235. The fourth-order valence-corrected chi connectivity index (χ4v) is 3.77. The molecule has 4 aromatic rings. The molecule has 138 valence electrons. The van der Waals surface area contributed by atoms with Gasteiger partial charge in [-0.25, -0.2) is 15.0 Å². The minimum atomic E-state index is -0.303. The van der Waals surface area contributed by atoms with E-state index in [0.717, 1.165) is 21.5 Å². The lowest BCUT2D eigenvalue weighted by atomic mass is 10.2. The number of methoxy groups -OCH3 is 1. The van der Waals surface area contributed by atoms with E-state index in [2.05, 4.69) is 20.3 Å². The van der Waals surface area contributed by atoms with Gasteiger partial charge in [-0.3, -0.25) is 9.59 Å². The average Bonchev–Trinajstić information content (AvgIpc) is 3.20. The van der Waals surface area contributed by atoms with Gasteiger partial charge in [-0.2, -0.15) is 0 Å². The van der Waals surface area contributed by atoms with Crippen molar-refractivity contribution < 1.29 is 9.53 Å². The van der Waals surface area contributed by atoms with Crippen molar-refractivity contribution in [2.75, 3.05) is 12.4 Å². The van der Waals surface area contributed by atoms with Gasteiger partial charge in [0, 0.05) is 13.1 Å². The summed E-state index contributed by atoms with van der Waals surface area (Å²) in [5.41, 5.74) is 2.10. The molecule has 0 radical (unpaired) electrons. The first-order valence-electron chi connectivity index (χ1n) is 8.08. The largest absolute Gasteiger partial charge is 0.496 e. The lowest BCUT2D eigenvalue weighted by Crippen LogP contribution is -2.23. The van der Waals surface area contributed by atoms with Gasteiger partial charge in [0.25, 0.3) is 5.56 Å². The number of amides is 1. The van der Waals surface area contributed by atoms with E-state index >= 15 is 0 Å². The Morgan fingerprint density at radius 1 is 1.30 bits per heavy atom. The number of benzene rings is 1. The van der Waals surface area contributed by atoms with E-state index < -0.39 is 0 Å². The van der Waals surface area contributed by atoms with Gasteiger partial charge in [0.1, 0.15) is 12.3 Å². The van der Waals surface area contributed by atoms with Gasteiger partial charge in [0.2, 0.25) is 5.91 Å². The summed E-state index contributed by atoms with van der Waals surface area (Å²) in [6.45, 7) is 1.89.